The van der Waals surface area contributed by atoms with Gasteiger partial charge in [0.2, 0.25) is 6.17 Å². The zero-order chi connectivity index (χ0) is 22.0. The molecular formula is C24H27FN4O2. The number of anilines is 1. The molecule has 4 rings (SSSR count). The number of benzene rings is 2. The van der Waals surface area contributed by atoms with Crippen LogP contribution in [0, 0.1) is 11.7 Å². The van der Waals surface area contributed by atoms with E-state index < -0.39 is 18.0 Å². The average Bonchev–Trinajstić information content (AvgIpc) is 2.87. The third-order valence-electron chi connectivity index (χ3n) is 6.17. The summed E-state index contributed by atoms with van der Waals surface area (Å²) in [5.41, 5.74) is 1.86. The fraction of sp³-hybridized carbons (Fsp3) is 0.375. The number of rotatable bonds is 3. The van der Waals surface area contributed by atoms with E-state index in [4.69, 9.17) is 0 Å². The fourth-order valence-electron chi connectivity index (χ4n) is 4.35. The van der Waals surface area contributed by atoms with Crippen molar-refractivity contribution in [1.82, 2.24) is 10.6 Å². The molecule has 6 nitrogen and oxygen atoms in total. The molecule has 7 heteroatoms. The summed E-state index contributed by atoms with van der Waals surface area (Å²) in [6, 6.07) is 13.2. The number of hydrogen-bond donors (Lipinski definition) is 2. The van der Waals surface area contributed by atoms with Gasteiger partial charge in [-0.05, 0) is 37.0 Å². The molecule has 0 saturated heterocycles. The molecule has 0 aromatic heterocycles. The lowest BCUT2D eigenvalue weighted by molar-refractivity contribution is -0.119. The van der Waals surface area contributed by atoms with Gasteiger partial charge in [-0.2, -0.15) is 0 Å². The second kappa shape index (κ2) is 8.88. The third kappa shape index (κ3) is 4.31. The molecular weight excluding hydrogens is 395 g/mol. The van der Waals surface area contributed by atoms with Crippen molar-refractivity contribution < 1.29 is 14.0 Å². The minimum Gasteiger partial charge on any atom is -0.335 e. The van der Waals surface area contributed by atoms with Gasteiger partial charge in [-0.25, -0.2) is 14.2 Å². The Hall–Kier alpha value is -3.22. The number of nitrogens with one attached hydrogen (secondary N) is 2. The van der Waals surface area contributed by atoms with Gasteiger partial charge in [0.25, 0.3) is 5.91 Å². The molecule has 162 valence electrons. The zero-order valence-corrected chi connectivity index (χ0v) is 17.8. The van der Waals surface area contributed by atoms with E-state index in [1.807, 2.05) is 12.1 Å². The number of para-hydroxylation sites is 1. The van der Waals surface area contributed by atoms with Crippen molar-refractivity contribution in [3.63, 3.8) is 0 Å². The molecule has 2 aliphatic rings. The first-order valence-corrected chi connectivity index (χ1v) is 10.7. The number of aliphatic imine (C=N–C) groups is 1. The molecule has 1 aliphatic carbocycles. The Labute approximate surface area is 181 Å². The van der Waals surface area contributed by atoms with E-state index in [2.05, 4.69) is 22.5 Å². The van der Waals surface area contributed by atoms with Crippen molar-refractivity contribution >= 4 is 23.3 Å². The number of urea groups is 1. The second-order valence-corrected chi connectivity index (χ2v) is 8.26. The predicted octanol–water partition coefficient (Wildman–Crippen LogP) is 3.84. The van der Waals surface area contributed by atoms with Gasteiger partial charge in [-0.15, -0.1) is 0 Å². The number of halogens is 1. The van der Waals surface area contributed by atoms with Crippen molar-refractivity contribution in [2.24, 2.45) is 10.9 Å². The Morgan fingerprint density at radius 1 is 1.03 bits per heavy atom. The highest BCUT2D eigenvalue weighted by molar-refractivity contribution is 6.20. The monoisotopic (exact) mass is 422 g/mol. The molecule has 1 heterocycles. The van der Waals surface area contributed by atoms with Crippen molar-refractivity contribution in [3.8, 4) is 0 Å². The highest BCUT2D eigenvalue weighted by Crippen LogP contribution is 2.28. The van der Waals surface area contributed by atoms with Gasteiger partial charge in [-0.1, -0.05) is 50.1 Å². The number of amides is 3. The number of fused-ring (bicyclic) bond motifs is 1. The lowest BCUT2D eigenvalue weighted by Crippen LogP contribution is -2.52. The highest BCUT2D eigenvalue weighted by Gasteiger charge is 2.32. The second-order valence-electron chi connectivity index (χ2n) is 8.26. The van der Waals surface area contributed by atoms with E-state index in [9.17, 15) is 14.0 Å². The maximum absolute atomic E-state index is 14.7. The van der Waals surface area contributed by atoms with E-state index >= 15 is 0 Å². The Kier molecular flexibility index (Phi) is 6.02. The maximum Gasteiger partial charge on any atom is 0.317 e. The van der Waals surface area contributed by atoms with Crippen LogP contribution in [0.5, 0.6) is 0 Å². The summed E-state index contributed by atoms with van der Waals surface area (Å²) in [5, 5.41) is 5.70. The molecule has 1 fully saturated rings. The normalized spacial score (nSPS) is 23.5. The van der Waals surface area contributed by atoms with Crippen LogP contribution in [0.15, 0.2) is 53.5 Å². The Morgan fingerprint density at radius 2 is 1.71 bits per heavy atom. The number of likely N-dealkylation sites (N-methyl/N-ethyl adjacent to an activating group) is 1. The van der Waals surface area contributed by atoms with Gasteiger partial charge in [0.15, 0.2) is 0 Å². The number of hydrogen-bond acceptors (Lipinski definition) is 3. The molecule has 1 saturated carbocycles. The van der Waals surface area contributed by atoms with Gasteiger partial charge in [0, 0.05) is 24.2 Å². The van der Waals surface area contributed by atoms with Gasteiger partial charge in [-0.3, -0.25) is 4.79 Å². The Balaban J connectivity index is 1.67. The molecule has 31 heavy (non-hydrogen) atoms. The lowest BCUT2D eigenvalue weighted by atomic mass is 9.86. The standard InChI is InChI=1S/C24H27FN4O2/c1-15-9-3-7-13-19(15)26-24(31)28-22-23(30)29(2)20-14-8-5-11-17(20)21(27-22)16-10-4-6-12-18(16)25/h4-6,8,10-12,14-15,19,22H,3,7,9,13H2,1-2H3,(H2,26,28,31). The predicted molar refractivity (Wildman–Crippen MR) is 119 cm³/mol. The first-order valence-electron chi connectivity index (χ1n) is 10.7. The lowest BCUT2D eigenvalue weighted by Gasteiger charge is -2.30. The Bertz CT molecular complexity index is 1020. The van der Waals surface area contributed by atoms with Crippen molar-refractivity contribution in [1.29, 1.82) is 0 Å². The van der Waals surface area contributed by atoms with E-state index in [0.717, 1.165) is 19.3 Å². The van der Waals surface area contributed by atoms with E-state index in [1.54, 1.807) is 37.4 Å². The quantitative estimate of drug-likeness (QED) is 0.789. The highest BCUT2D eigenvalue weighted by atomic mass is 19.1. The molecule has 2 aromatic rings. The van der Waals surface area contributed by atoms with Crippen LogP contribution in [0.2, 0.25) is 0 Å². The van der Waals surface area contributed by atoms with Crippen LogP contribution in [0.25, 0.3) is 0 Å². The molecule has 2 N–H and O–H groups in total. The summed E-state index contributed by atoms with van der Waals surface area (Å²) >= 11 is 0. The van der Waals surface area contributed by atoms with Gasteiger partial charge < -0.3 is 15.5 Å². The summed E-state index contributed by atoms with van der Waals surface area (Å²) in [7, 11) is 1.64. The smallest absolute Gasteiger partial charge is 0.317 e. The van der Waals surface area contributed by atoms with E-state index in [1.165, 1.54) is 17.4 Å². The van der Waals surface area contributed by atoms with Crippen molar-refractivity contribution in [2.75, 3.05) is 11.9 Å². The van der Waals surface area contributed by atoms with Crippen LogP contribution >= 0.6 is 0 Å². The van der Waals surface area contributed by atoms with Crippen LogP contribution < -0.4 is 15.5 Å². The summed E-state index contributed by atoms with van der Waals surface area (Å²) in [4.78, 5) is 31.9. The number of nitrogens with zero attached hydrogens (tertiary/aromatic N) is 2. The van der Waals surface area contributed by atoms with Gasteiger partial charge in [0.1, 0.15) is 5.82 Å². The van der Waals surface area contributed by atoms with Crippen molar-refractivity contribution in [2.45, 2.75) is 44.8 Å². The molecule has 1 aliphatic heterocycles. The first kappa shape index (κ1) is 21.0. The average molecular weight is 423 g/mol. The Morgan fingerprint density at radius 3 is 2.45 bits per heavy atom. The van der Waals surface area contributed by atoms with Gasteiger partial charge in [0.05, 0.1) is 11.4 Å². The van der Waals surface area contributed by atoms with E-state index in [0.29, 0.717) is 22.9 Å². The molecule has 3 unspecified atom stereocenters. The van der Waals surface area contributed by atoms with Gasteiger partial charge >= 0.3 is 6.03 Å². The molecule has 3 amide bonds. The van der Waals surface area contributed by atoms with Crippen molar-refractivity contribution in [3.05, 3.63) is 65.5 Å². The van der Waals surface area contributed by atoms with Crippen LogP contribution in [0.3, 0.4) is 0 Å². The summed E-state index contributed by atoms with van der Waals surface area (Å²) in [5.74, 6) is -0.438. The fourth-order valence-corrected chi connectivity index (χ4v) is 4.35. The third-order valence-corrected chi connectivity index (χ3v) is 6.17. The minimum atomic E-state index is -1.16. The molecule has 0 radical (unpaired) electrons. The number of carbonyl (C=O) groups excluding carboxylic acids is 2. The maximum atomic E-state index is 14.7. The number of carbonyl (C=O) groups is 2. The van der Waals surface area contributed by atoms with Crippen LogP contribution in [0.1, 0.15) is 43.7 Å². The van der Waals surface area contributed by atoms with Crippen LogP contribution in [0.4, 0.5) is 14.9 Å². The summed E-state index contributed by atoms with van der Waals surface area (Å²) in [6.07, 6.45) is 3.07. The largest absolute Gasteiger partial charge is 0.335 e. The molecule has 3 atom stereocenters. The molecule has 0 spiro atoms. The molecule has 2 aromatic carbocycles. The molecule has 0 bridgehead atoms. The number of benzodiazepines with no additional fused rings is 1. The van der Waals surface area contributed by atoms with E-state index in [-0.39, 0.29) is 17.5 Å². The van der Waals surface area contributed by atoms with Crippen LogP contribution in [-0.4, -0.2) is 36.9 Å². The zero-order valence-electron chi connectivity index (χ0n) is 17.8. The topological polar surface area (TPSA) is 73.8 Å². The minimum absolute atomic E-state index is 0.0691. The summed E-state index contributed by atoms with van der Waals surface area (Å²) in [6.45, 7) is 2.12. The first-order chi connectivity index (χ1) is 15.0. The summed E-state index contributed by atoms with van der Waals surface area (Å²) < 4.78 is 14.7. The van der Waals surface area contributed by atoms with Crippen LogP contribution in [-0.2, 0) is 4.79 Å². The SMILES string of the molecule is CC1CCCCC1NC(=O)NC1N=C(c2ccccc2F)c2ccccc2N(C)C1=O.